The molecule has 0 saturated carbocycles. The molecule has 0 aromatic heterocycles. The minimum absolute atomic E-state index is 0.437. The van der Waals surface area contributed by atoms with Crippen LogP contribution in [0.25, 0.3) is 0 Å². The summed E-state index contributed by atoms with van der Waals surface area (Å²) in [5, 5.41) is 22.2. The first kappa shape index (κ1) is 42.7. The number of unbranched alkanes of at least 4 members (excludes halogenated alkanes) is 5. The van der Waals surface area contributed by atoms with Crippen molar-refractivity contribution in [3.63, 3.8) is 0 Å². The molecule has 0 rings (SSSR count). The van der Waals surface area contributed by atoms with Crippen molar-refractivity contribution in [2.24, 2.45) is 5.92 Å². The van der Waals surface area contributed by atoms with E-state index in [9.17, 15) is 9.59 Å². The third-order valence-electron chi connectivity index (χ3n) is 7.33. The highest BCUT2D eigenvalue weighted by Crippen LogP contribution is 2.29. The van der Waals surface area contributed by atoms with Gasteiger partial charge in [0.05, 0.1) is 0 Å². The van der Waals surface area contributed by atoms with Crippen molar-refractivity contribution in [3.8, 4) is 0 Å². The normalized spacial score (nSPS) is 12.3. The Morgan fingerprint density at radius 2 is 0.795 bits per heavy atom. The van der Waals surface area contributed by atoms with Gasteiger partial charge in [-0.1, -0.05) is 51.4 Å². The van der Waals surface area contributed by atoms with Gasteiger partial charge in [-0.3, -0.25) is 0 Å². The molecule has 0 atom stereocenters. The number of rotatable bonds is 31. The minimum atomic E-state index is -2.67. The van der Waals surface area contributed by atoms with Crippen LogP contribution in [0.15, 0.2) is 0 Å². The third-order valence-corrected chi connectivity index (χ3v) is 13.6. The topological polar surface area (TPSA) is 154 Å². The maximum atomic E-state index is 10.9. The lowest BCUT2D eigenvalue weighted by Crippen LogP contribution is -2.46. The van der Waals surface area contributed by atoms with Crippen LogP contribution >= 0.6 is 0 Å². The average Bonchev–Trinajstić information content (AvgIpc) is 2.94. The van der Waals surface area contributed by atoms with Gasteiger partial charge in [-0.15, -0.1) is 0 Å². The molecule has 14 heteroatoms. The van der Waals surface area contributed by atoms with Gasteiger partial charge in [0.15, 0.2) is 0 Å². The fraction of sp³-hybridized carbons (Fsp3) is 0.933. The van der Waals surface area contributed by atoms with Crippen LogP contribution < -0.4 is 10.6 Å². The molecule has 0 saturated heterocycles. The number of carbonyl (C=O) groups is 2. The molecule has 0 heterocycles. The summed E-state index contributed by atoms with van der Waals surface area (Å²) in [6.45, 7) is 15.5. The van der Waals surface area contributed by atoms with E-state index in [-0.39, 0.29) is 0 Å². The maximum Gasteiger partial charge on any atom is 0.500 e. The van der Waals surface area contributed by atoms with Crippen molar-refractivity contribution < 1.29 is 46.4 Å². The summed E-state index contributed by atoms with van der Waals surface area (Å²) in [6.07, 6.45) is 8.59. The largest absolute Gasteiger partial charge is 0.500 e. The highest BCUT2D eigenvalue weighted by atomic mass is 28.4. The fourth-order valence-corrected chi connectivity index (χ4v) is 10.9. The van der Waals surface area contributed by atoms with E-state index in [1.54, 1.807) is 0 Å². The Balaban J connectivity index is 4.98. The second kappa shape index (κ2) is 26.9. The van der Waals surface area contributed by atoms with Gasteiger partial charge >= 0.3 is 29.8 Å². The maximum absolute atomic E-state index is 10.9. The molecule has 44 heavy (non-hydrogen) atoms. The summed E-state index contributed by atoms with van der Waals surface area (Å²) < 4.78 is 36.5. The Kier molecular flexibility index (Phi) is 26.1. The molecule has 2 amide bonds. The summed E-state index contributed by atoms with van der Waals surface area (Å²) in [5.74, 6) is 0.563. The van der Waals surface area contributed by atoms with Gasteiger partial charge in [0.1, 0.15) is 6.17 Å². The van der Waals surface area contributed by atoms with Crippen LogP contribution in [0.3, 0.4) is 0 Å². The quantitative estimate of drug-likeness (QED) is 0.0338. The fourth-order valence-electron chi connectivity index (χ4n) is 5.62. The highest BCUT2D eigenvalue weighted by Gasteiger charge is 2.41. The molecule has 0 bridgehead atoms. The standard InChI is InChI=1S/C30H64N2O10Si2/c1-7-37-43(38-8-2,39-9-3)25-19-22-27(23-20-26-44(40-10-4,41-11-5)42-12-6)21-17-15-13-14-16-18-24-28(31-29(33)34)32-30(35)36/h27-28,31-32H,7-26H2,1-6H3,(H,33,34)(H,35,36). The van der Waals surface area contributed by atoms with Crippen LogP contribution in [0.2, 0.25) is 12.1 Å². The van der Waals surface area contributed by atoms with Crippen molar-refractivity contribution in [3.05, 3.63) is 0 Å². The van der Waals surface area contributed by atoms with E-state index in [1.807, 2.05) is 41.5 Å². The molecule has 0 aliphatic carbocycles. The predicted octanol–water partition coefficient (Wildman–Crippen LogP) is 7.24. The zero-order valence-electron chi connectivity index (χ0n) is 28.5. The van der Waals surface area contributed by atoms with Gasteiger partial charge in [0.2, 0.25) is 0 Å². The number of carboxylic acid groups (broad SMARTS) is 2. The van der Waals surface area contributed by atoms with Crippen LogP contribution in [0.4, 0.5) is 9.59 Å². The number of amides is 2. The summed E-state index contributed by atoms with van der Waals surface area (Å²) >= 11 is 0. The Bertz CT molecular complexity index is 641. The van der Waals surface area contributed by atoms with Crippen molar-refractivity contribution in [1.82, 2.24) is 10.6 Å². The highest BCUT2D eigenvalue weighted by molar-refractivity contribution is 6.61. The predicted molar refractivity (Wildman–Crippen MR) is 176 cm³/mol. The lowest BCUT2D eigenvalue weighted by molar-refractivity contribution is 0.0701. The molecule has 0 aliphatic rings. The second-order valence-electron chi connectivity index (χ2n) is 10.8. The molecular formula is C30H64N2O10Si2. The van der Waals surface area contributed by atoms with Gasteiger partial charge < -0.3 is 47.4 Å². The Morgan fingerprint density at radius 3 is 1.11 bits per heavy atom. The molecule has 0 aliphatic heterocycles. The molecule has 0 aromatic carbocycles. The molecule has 0 radical (unpaired) electrons. The van der Waals surface area contributed by atoms with E-state index in [0.717, 1.165) is 82.7 Å². The van der Waals surface area contributed by atoms with Crippen LogP contribution in [-0.2, 0) is 26.6 Å². The third kappa shape index (κ3) is 20.7. The molecule has 262 valence electrons. The average molecular weight is 669 g/mol. The van der Waals surface area contributed by atoms with Gasteiger partial charge in [-0.2, -0.15) is 0 Å². The van der Waals surface area contributed by atoms with E-state index in [2.05, 4.69) is 10.6 Å². The summed E-state index contributed by atoms with van der Waals surface area (Å²) in [6, 6.07) is 1.64. The molecule has 4 N–H and O–H groups in total. The molecule has 0 aromatic rings. The number of hydrogen-bond donors (Lipinski definition) is 4. The van der Waals surface area contributed by atoms with Crippen molar-refractivity contribution in [2.45, 2.75) is 137 Å². The number of nitrogens with one attached hydrogen (secondary N) is 2. The monoisotopic (exact) mass is 668 g/mol. The molecule has 0 fully saturated rings. The molecule has 12 nitrogen and oxygen atoms in total. The first-order valence-electron chi connectivity index (χ1n) is 17.0. The van der Waals surface area contributed by atoms with Crippen LogP contribution in [-0.4, -0.2) is 85.8 Å². The van der Waals surface area contributed by atoms with E-state index < -0.39 is 36.0 Å². The molecular weight excluding hydrogens is 605 g/mol. The number of hydrogen-bond acceptors (Lipinski definition) is 8. The van der Waals surface area contributed by atoms with E-state index in [4.69, 9.17) is 36.8 Å². The van der Waals surface area contributed by atoms with Gasteiger partial charge in [0.25, 0.3) is 0 Å². The lowest BCUT2D eigenvalue weighted by atomic mass is 9.92. The van der Waals surface area contributed by atoms with Crippen LogP contribution in [0.5, 0.6) is 0 Å². The minimum Gasteiger partial charge on any atom is -0.465 e. The summed E-state index contributed by atoms with van der Waals surface area (Å²) in [5.41, 5.74) is 0. The molecule has 0 spiro atoms. The second-order valence-corrected chi connectivity index (χ2v) is 16.2. The van der Waals surface area contributed by atoms with Gasteiger partial charge in [0, 0.05) is 51.7 Å². The Morgan fingerprint density at radius 1 is 0.500 bits per heavy atom. The van der Waals surface area contributed by atoms with E-state index in [1.165, 1.54) is 0 Å². The zero-order chi connectivity index (χ0) is 33.1. The Labute approximate surface area is 269 Å². The Hall–Kier alpha value is -1.27. The van der Waals surface area contributed by atoms with Gasteiger partial charge in [-0.25, -0.2) is 9.59 Å². The summed E-state index contributed by atoms with van der Waals surface area (Å²) in [7, 11) is -5.33. The molecule has 0 unspecified atom stereocenters. The van der Waals surface area contributed by atoms with Gasteiger partial charge in [-0.05, 0) is 73.1 Å². The lowest BCUT2D eigenvalue weighted by Gasteiger charge is -2.30. The zero-order valence-corrected chi connectivity index (χ0v) is 30.5. The first-order chi connectivity index (χ1) is 21.1. The van der Waals surface area contributed by atoms with Crippen LogP contribution in [0.1, 0.15) is 119 Å². The van der Waals surface area contributed by atoms with Crippen LogP contribution in [0, 0.1) is 5.92 Å². The first-order valence-corrected chi connectivity index (χ1v) is 20.8. The van der Waals surface area contributed by atoms with E-state index >= 15 is 0 Å². The summed E-state index contributed by atoms with van der Waals surface area (Å²) in [4.78, 5) is 21.8. The smallest absolute Gasteiger partial charge is 0.465 e. The van der Waals surface area contributed by atoms with E-state index in [0.29, 0.717) is 52.0 Å². The van der Waals surface area contributed by atoms with Crippen molar-refractivity contribution in [1.29, 1.82) is 0 Å². The SMILES string of the molecule is CCO[Si](CCCC(CCCCCCCCC(NC(=O)O)NC(=O)O)CCC[Si](OCC)(OCC)OCC)(OCC)OCC. The van der Waals surface area contributed by atoms with Crippen molar-refractivity contribution in [2.75, 3.05) is 39.6 Å². The van der Waals surface area contributed by atoms with Crippen molar-refractivity contribution >= 4 is 29.8 Å².